The normalized spacial score (nSPS) is 10.6. The number of benzene rings is 3. The molecule has 0 aliphatic heterocycles. The third-order valence-electron chi connectivity index (χ3n) is 4.84. The van der Waals surface area contributed by atoms with Gasteiger partial charge in [-0.25, -0.2) is 4.98 Å². The Morgan fingerprint density at radius 3 is 2.44 bits per heavy atom. The van der Waals surface area contributed by atoms with Gasteiger partial charge in [0.05, 0.1) is 10.4 Å². The van der Waals surface area contributed by atoms with Crippen LogP contribution in [0.1, 0.15) is 12.8 Å². The van der Waals surface area contributed by atoms with E-state index in [1.165, 1.54) is 12.1 Å². The van der Waals surface area contributed by atoms with Gasteiger partial charge in [-0.15, -0.1) is 0 Å². The van der Waals surface area contributed by atoms with Gasteiger partial charge in [0.2, 0.25) is 5.95 Å². The minimum absolute atomic E-state index is 0.00132. The molecule has 0 radical (unpaired) electrons. The number of carboxylic acids is 1. The van der Waals surface area contributed by atoms with E-state index in [4.69, 9.17) is 9.84 Å². The first kappa shape index (κ1) is 22.5. The molecule has 0 spiro atoms. The Bertz CT molecular complexity index is 1310. The van der Waals surface area contributed by atoms with E-state index in [2.05, 4.69) is 20.6 Å². The van der Waals surface area contributed by atoms with Gasteiger partial charge in [-0.3, -0.25) is 14.9 Å². The van der Waals surface area contributed by atoms with Crippen LogP contribution >= 0.6 is 0 Å². The summed E-state index contributed by atoms with van der Waals surface area (Å²) in [7, 11) is 0. The van der Waals surface area contributed by atoms with Crippen LogP contribution in [0.25, 0.3) is 10.9 Å². The molecule has 0 saturated carbocycles. The van der Waals surface area contributed by atoms with Gasteiger partial charge in [-0.2, -0.15) is 4.98 Å². The van der Waals surface area contributed by atoms with Crippen molar-refractivity contribution in [3.05, 3.63) is 82.9 Å². The smallest absolute Gasteiger partial charge is 0.303 e. The van der Waals surface area contributed by atoms with E-state index in [1.54, 1.807) is 6.07 Å². The molecule has 1 heterocycles. The summed E-state index contributed by atoms with van der Waals surface area (Å²) in [6.45, 7) is 0.339. The average Bonchev–Trinajstić information content (AvgIpc) is 2.83. The summed E-state index contributed by atoms with van der Waals surface area (Å²) < 4.78 is 5.80. The number of carbonyl (C=O) groups is 1. The first-order chi connectivity index (χ1) is 16.5. The zero-order valence-corrected chi connectivity index (χ0v) is 18.0. The Labute approximate surface area is 194 Å². The fraction of sp³-hybridized carbons (Fsp3) is 0.125. The number of fused-ring (bicyclic) bond motifs is 1. The number of non-ortho nitro benzene ring substituents is 1. The summed E-state index contributed by atoms with van der Waals surface area (Å²) >= 11 is 0. The van der Waals surface area contributed by atoms with Gasteiger partial charge in [-0.1, -0.05) is 18.2 Å². The van der Waals surface area contributed by atoms with Crippen LogP contribution in [0.4, 0.5) is 23.1 Å². The predicted octanol–water partition coefficient (Wildman–Crippen LogP) is 5.35. The van der Waals surface area contributed by atoms with Crippen molar-refractivity contribution in [1.82, 2.24) is 9.97 Å². The quantitative estimate of drug-likeness (QED) is 0.163. The molecule has 0 atom stereocenters. The third kappa shape index (κ3) is 5.74. The van der Waals surface area contributed by atoms with E-state index < -0.39 is 10.9 Å². The molecular formula is C24H21N5O5. The molecule has 4 rings (SSSR count). The number of nitro groups is 1. The van der Waals surface area contributed by atoms with Gasteiger partial charge in [0, 0.05) is 36.2 Å². The summed E-state index contributed by atoms with van der Waals surface area (Å²) in [5.74, 6) is 1.18. The highest BCUT2D eigenvalue weighted by Crippen LogP contribution is 2.28. The summed E-state index contributed by atoms with van der Waals surface area (Å²) in [6, 6.07) is 21.0. The number of para-hydroxylation sites is 1. The van der Waals surface area contributed by atoms with Crippen molar-refractivity contribution in [3.8, 4) is 11.5 Å². The molecule has 1 aromatic heterocycles. The monoisotopic (exact) mass is 459 g/mol. The average molecular weight is 459 g/mol. The molecule has 4 aromatic rings. The van der Waals surface area contributed by atoms with Crippen LogP contribution in [0.5, 0.6) is 11.5 Å². The number of hydrogen-bond donors (Lipinski definition) is 3. The second-order valence-corrected chi connectivity index (χ2v) is 7.34. The lowest BCUT2D eigenvalue weighted by molar-refractivity contribution is -0.384. The molecular weight excluding hydrogens is 438 g/mol. The van der Waals surface area contributed by atoms with Gasteiger partial charge in [0.1, 0.15) is 17.3 Å². The lowest BCUT2D eigenvalue weighted by Gasteiger charge is -2.12. The molecule has 0 aliphatic rings. The van der Waals surface area contributed by atoms with Crippen molar-refractivity contribution < 1.29 is 19.6 Å². The summed E-state index contributed by atoms with van der Waals surface area (Å²) in [5.41, 5.74) is 1.14. The van der Waals surface area contributed by atoms with Gasteiger partial charge in [0.15, 0.2) is 0 Å². The maximum absolute atomic E-state index is 11.2. The summed E-state index contributed by atoms with van der Waals surface area (Å²) in [6.07, 6.45) is 0.375. The molecule has 0 saturated heterocycles. The molecule has 3 N–H and O–H groups in total. The molecule has 172 valence electrons. The van der Waals surface area contributed by atoms with Crippen molar-refractivity contribution in [2.24, 2.45) is 0 Å². The van der Waals surface area contributed by atoms with Crippen LogP contribution in [0.2, 0.25) is 0 Å². The topological polar surface area (TPSA) is 140 Å². The van der Waals surface area contributed by atoms with Crippen molar-refractivity contribution in [2.75, 3.05) is 17.2 Å². The Kier molecular flexibility index (Phi) is 6.78. The minimum Gasteiger partial charge on any atom is -0.481 e. The number of hydrogen-bond acceptors (Lipinski definition) is 8. The zero-order chi connectivity index (χ0) is 23.9. The second kappa shape index (κ2) is 10.3. The Morgan fingerprint density at radius 1 is 1.00 bits per heavy atom. The lowest BCUT2D eigenvalue weighted by Crippen LogP contribution is -2.08. The molecule has 0 aliphatic carbocycles. The maximum atomic E-state index is 11.2. The highest BCUT2D eigenvalue weighted by atomic mass is 16.6. The summed E-state index contributed by atoms with van der Waals surface area (Å²) in [4.78, 5) is 30.4. The number of rotatable bonds is 10. The Balaban J connectivity index is 1.55. The first-order valence-electron chi connectivity index (χ1n) is 10.5. The van der Waals surface area contributed by atoms with E-state index in [0.29, 0.717) is 41.4 Å². The van der Waals surface area contributed by atoms with E-state index in [-0.39, 0.29) is 12.1 Å². The third-order valence-corrected chi connectivity index (χ3v) is 4.84. The lowest BCUT2D eigenvalue weighted by atomic mass is 10.2. The fourth-order valence-corrected chi connectivity index (χ4v) is 3.23. The Hall–Kier alpha value is -4.73. The number of nitrogens with one attached hydrogen (secondary N) is 2. The predicted molar refractivity (Wildman–Crippen MR) is 128 cm³/mol. The number of aromatic nitrogens is 2. The fourth-order valence-electron chi connectivity index (χ4n) is 3.23. The largest absolute Gasteiger partial charge is 0.481 e. The van der Waals surface area contributed by atoms with Crippen LogP contribution in [-0.2, 0) is 4.79 Å². The molecule has 0 fully saturated rings. The SMILES string of the molecule is O=C(O)CCCNc1nc(Nc2ccc(Oc3ccccc3)cc2)nc2ccc([N+](=O)[O-])cc12. The number of aliphatic carboxylic acids is 1. The van der Waals surface area contributed by atoms with Crippen LogP contribution in [0.3, 0.4) is 0 Å². The van der Waals surface area contributed by atoms with Crippen molar-refractivity contribution >= 4 is 40.0 Å². The van der Waals surface area contributed by atoms with Crippen LogP contribution < -0.4 is 15.4 Å². The van der Waals surface area contributed by atoms with Gasteiger partial charge < -0.3 is 20.5 Å². The van der Waals surface area contributed by atoms with Gasteiger partial charge in [-0.05, 0) is 48.9 Å². The molecule has 10 nitrogen and oxygen atoms in total. The second-order valence-electron chi connectivity index (χ2n) is 7.34. The van der Waals surface area contributed by atoms with Gasteiger partial charge in [0.25, 0.3) is 5.69 Å². The van der Waals surface area contributed by atoms with Crippen LogP contribution in [-0.4, -0.2) is 32.5 Å². The molecule has 3 aromatic carbocycles. The number of nitro benzene ring substituents is 1. The number of carboxylic acid groups (broad SMARTS) is 1. The standard InChI is InChI=1S/C24H21N5O5/c30-22(31)7-4-14-25-23-20-15-17(29(32)33)10-13-21(20)27-24(28-23)26-16-8-11-19(12-9-16)34-18-5-2-1-3-6-18/h1-3,5-6,8-13,15H,4,7,14H2,(H,30,31)(H2,25,26,27,28). The number of anilines is 3. The van der Waals surface area contributed by atoms with Crippen molar-refractivity contribution in [1.29, 1.82) is 0 Å². The maximum Gasteiger partial charge on any atom is 0.303 e. The number of nitrogens with zero attached hydrogens (tertiary/aromatic N) is 3. The number of ether oxygens (including phenoxy) is 1. The minimum atomic E-state index is -0.896. The van der Waals surface area contributed by atoms with E-state index in [9.17, 15) is 14.9 Å². The highest BCUT2D eigenvalue weighted by molar-refractivity contribution is 5.92. The Morgan fingerprint density at radius 2 is 1.74 bits per heavy atom. The molecule has 0 amide bonds. The van der Waals surface area contributed by atoms with Crippen molar-refractivity contribution in [2.45, 2.75) is 12.8 Å². The molecule has 0 unspecified atom stereocenters. The van der Waals surface area contributed by atoms with E-state index in [1.807, 2.05) is 54.6 Å². The summed E-state index contributed by atoms with van der Waals surface area (Å²) in [5, 5.41) is 26.7. The molecule has 0 bridgehead atoms. The van der Waals surface area contributed by atoms with Crippen LogP contribution in [0, 0.1) is 10.1 Å². The van der Waals surface area contributed by atoms with Gasteiger partial charge >= 0.3 is 5.97 Å². The van der Waals surface area contributed by atoms with E-state index >= 15 is 0 Å². The van der Waals surface area contributed by atoms with Crippen LogP contribution in [0.15, 0.2) is 72.8 Å². The first-order valence-corrected chi connectivity index (χ1v) is 10.5. The molecule has 10 heteroatoms. The van der Waals surface area contributed by atoms with E-state index in [0.717, 1.165) is 11.4 Å². The van der Waals surface area contributed by atoms with Crippen molar-refractivity contribution in [3.63, 3.8) is 0 Å². The highest BCUT2D eigenvalue weighted by Gasteiger charge is 2.13. The zero-order valence-electron chi connectivity index (χ0n) is 18.0. The molecule has 34 heavy (non-hydrogen) atoms.